The summed E-state index contributed by atoms with van der Waals surface area (Å²) < 4.78 is 22.4. The lowest BCUT2D eigenvalue weighted by Crippen LogP contribution is -2.08. The van der Waals surface area contributed by atoms with Gasteiger partial charge in [0.1, 0.15) is 17.2 Å². The highest BCUT2D eigenvalue weighted by Crippen LogP contribution is 2.23. The second-order valence-corrected chi connectivity index (χ2v) is 8.81. The summed E-state index contributed by atoms with van der Waals surface area (Å²) in [5, 5.41) is -0.520. The normalized spacial score (nSPS) is 10.5. The van der Waals surface area contributed by atoms with Crippen molar-refractivity contribution in [3.05, 3.63) is 89.5 Å². The van der Waals surface area contributed by atoms with Crippen LogP contribution in [0.15, 0.2) is 72.8 Å². The van der Waals surface area contributed by atoms with Crippen molar-refractivity contribution < 1.29 is 28.5 Å². The highest BCUT2D eigenvalue weighted by molar-refractivity contribution is 6.63. The molecular weight excluding hydrogens is 492 g/mol. The van der Waals surface area contributed by atoms with Gasteiger partial charge in [0.15, 0.2) is 0 Å². The molecule has 0 bridgehead atoms. The summed E-state index contributed by atoms with van der Waals surface area (Å²) >= 11 is 5.58. The molecule has 0 aromatic heterocycles. The van der Waals surface area contributed by atoms with E-state index < -0.39 is 11.2 Å². The molecule has 0 N–H and O–H groups in total. The van der Waals surface area contributed by atoms with Crippen LogP contribution in [0, 0.1) is 0 Å². The van der Waals surface area contributed by atoms with Gasteiger partial charge in [0, 0.05) is 5.56 Å². The monoisotopic (exact) mass is 524 g/mol. The highest BCUT2D eigenvalue weighted by atomic mass is 35.5. The van der Waals surface area contributed by atoms with E-state index in [2.05, 4.69) is 12.1 Å². The molecule has 196 valence electrons. The number of ether oxygens (including phenoxy) is 4. The van der Waals surface area contributed by atoms with E-state index in [4.69, 9.17) is 30.5 Å². The fraction of sp³-hybridized carbons (Fsp3) is 0.333. The third kappa shape index (κ3) is 10.2. The molecule has 3 aromatic rings. The number of unbranched alkanes of at least 4 members (excludes halogenated alkanes) is 1. The third-order valence-corrected chi connectivity index (χ3v) is 5.64. The number of benzene rings is 3. The Morgan fingerprint density at radius 3 is 2.05 bits per heavy atom. The molecular formula is C30H33ClO6. The topological polar surface area (TPSA) is 71.1 Å². The zero-order valence-corrected chi connectivity index (χ0v) is 21.9. The second-order valence-electron chi connectivity index (χ2n) is 8.39. The number of carbonyl (C=O) groups excluding carboxylic acids is 2. The number of carbonyl (C=O) groups is 2. The minimum absolute atomic E-state index is 0.0222. The van der Waals surface area contributed by atoms with Crippen LogP contribution in [0.1, 0.15) is 47.7 Å². The Morgan fingerprint density at radius 1 is 0.757 bits per heavy atom. The molecule has 0 heterocycles. The molecule has 0 saturated heterocycles. The van der Waals surface area contributed by atoms with Crippen LogP contribution in [0.3, 0.4) is 0 Å². The van der Waals surface area contributed by atoms with Crippen molar-refractivity contribution in [3.63, 3.8) is 0 Å². The zero-order chi connectivity index (χ0) is 26.3. The Hall–Kier alpha value is -3.51. The SMILES string of the molecule is CCOC(=O)c1ccc(OCCCc2ccc(OCCCCOc3ccccc3)cc2)c(CC(=O)Cl)c1. The van der Waals surface area contributed by atoms with Crippen molar-refractivity contribution in [1.29, 1.82) is 0 Å². The van der Waals surface area contributed by atoms with E-state index in [0.717, 1.165) is 37.2 Å². The van der Waals surface area contributed by atoms with Gasteiger partial charge >= 0.3 is 5.97 Å². The number of hydrogen-bond donors (Lipinski definition) is 0. The first-order chi connectivity index (χ1) is 18.0. The minimum atomic E-state index is -0.520. The summed E-state index contributed by atoms with van der Waals surface area (Å²) in [4.78, 5) is 23.4. The molecule has 0 saturated carbocycles. The van der Waals surface area contributed by atoms with Gasteiger partial charge < -0.3 is 18.9 Å². The summed E-state index contributed by atoms with van der Waals surface area (Å²) in [5.41, 5.74) is 2.12. The van der Waals surface area contributed by atoms with Crippen LogP contribution in [-0.2, 0) is 22.4 Å². The lowest BCUT2D eigenvalue weighted by atomic mass is 10.1. The first-order valence-corrected chi connectivity index (χ1v) is 12.9. The summed E-state index contributed by atoms with van der Waals surface area (Å²) in [7, 11) is 0. The smallest absolute Gasteiger partial charge is 0.338 e. The molecule has 0 spiro atoms. The van der Waals surface area contributed by atoms with E-state index in [9.17, 15) is 9.59 Å². The average molecular weight is 525 g/mol. The van der Waals surface area contributed by atoms with Crippen LogP contribution >= 0.6 is 11.6 Å². The van der Waals surface area contributed by atoms with Crippen molar-refractivity contribution in [2.75, 3.05) is 26.4 Å². The first kappa shape index (κ1) is 28.1. The first-order valence-electron chi connectivity index (χ1n) is 12.6. The maximum Gasteiger partial charge on any atom is 0.338 e. The number of halogens is 1. The number of hydrogen-bond acceptors (Lipinski definition) is 6. The van der Waals surface area contributed by atoms with Gasteiger partial charge in [0.2, 0.25) is 5.24 Å². The second kappa shape index (κ2) is 15.6. The molecule has 7 heteroatoms. The molecule has 0 aliphatic heterocycles. The van der Waals surface area contributed by atoms with Gasteiger partial charge in [-0.15, -0.1) is 0 Å². The molecule has 0 radical (unpaired) electrons. The Bertz CT molecular complexity index is 1110. The van der Waals surface area contributed by atoms with Gasteiger partial charge in [-0.25, -0.2) is 4.79 Å². The molecule has 0 aliphatic carbocycles. The quantitative estimate of drug-likeness (QED) is 0.122. The van der Waals surface area contributed by atoms with E-state index in [1.807, 2.05) is 42.5 Å². The van der Waals surface area contributed by atoms with Gasteiger partial charge in [0.05, 0.1) is 38.4 Å². The molecule has 0 atom stereocenters. The Morgan fingerprint density at radius 2 is 1.41 bits per heavy atom. The van der Waals surface area contributed by atoms with Gasteiger partial charge in [-0.2, -0.15) is 0 Å². The molecule has 3 rings (SSSR count). The lowest BCUT2D eigenvalue weighted by Gasteiger charge is -2.12. The minimum Gasteiger partial charge on any atom is -0.494 e. The Labute approximate surface area is 223 Å². The van der Waals surface area contributed by atoms with E-state index >= 15 is 0 Å². The predicted molar refractivity (Wildman–Crippen MR) is 144 cm³/mol. The van der Waals surface area contributed by atoms with Crippen LogP contribution in [-0.4, -0.2) is 37.6 Å². The van der Waals surface area contributed by atoms with Crippen molar-refractivity contribution >= 4 is 22.8 Å². The molecule has 0 amide bonds. The summed E-state index contributed by atoms with van der Waals surface area (Å²) in [6.45, 7) is 3.80. The molecule has 0 aliphatic rings. The van der Waals surface area contributed by atoms with Crippen molar-refractivity contribution in [3.8, 4) is 17.2 Å². The van der Waals surface area contributed by atoms with E-state index in [1.165, 1.54) is 5.56 Å². The summed E-state index contributed by atoms with van der Waals surface area (Å²) in [6, 6.07) is 22.8. The fourth-order valence-corrected chi connectivity index (χ4v) is 3.81. The number of esters is 1. The third-order valence-electron chi connectivity index (χ3n) is 5.51. The summed E-state index contributed by atoms with van der Waals surface area (Å²) in [5.74, 6) is 1.84. The van der Waals surface area contributed by atoms with Crippen LogP contribution in [0.4, 0.5) is 0 Å². The highest BCUT2D eigenvalue weighted by Gasteiger charge is 2.13. The fourth-order valence-electron chi connectivity index (χ4n) is 3.66. The Balaban J connectivity index is 1.36. The van der Waals surface area contributed by atoms with Crippen molar-refractivity contribution in [1.82, 2.24) is 0 Å². The van der Waals surface area contributed by atoms with Crippen LogP contribution in [0.2, 0.25) is 0 Å². The molecule has 3 aromatic carbocycles. The van der Waals surface area contributed by atoms with Gasteiger partial charge in [0.25, 0.3) is 0 Å². The standard InChI is InChI=1S/C30H33ClO6/c1-2-34-30(33)24-14-17-28(25(21-24)22-29(31)32)37-20-8-9-23-12-15-27(16-13-23)36-19-7-6-18-35-26-10-4-3-5-11-26/h3-5,10-17,21H,2,6-9,18-20,22H2,1H3. The maximum absolute atomic E-state index is 12.0. The number of aryl methyl sites for hydroxylation is 1. The van der Waals surface area contributed by atoms with Crippen molar-refractivity contribution in [2.24, 2.45) is 0 Å². The molecule has 0 unspecified atom stereocenters. The summed E-state index contributed by atoms with van der Waals surface area (Å²) in [6.07, 6.45) is 3.45. The van der Waals surface area contributed by atoms with Crippen LogP contribution in [0.25, 0.3) is 0 Å². The van der Waals surface area contributed by atoms with E-state index in [-0.39, 0.29) is 13.0 Å². The zero-order valence-electron chi connectivity index (χ0n) is 21.1. The molecule has 6 nitrogen and oxygen atoms in total. The average Bonchev–Trinajstić information content (AvgIpc) is 2.90. The van der Waals surface area contributed by atoms with E-state index in [1.54, 1.807) is 25.1 Å². The van der Waals surface area contributed by atoms with Gasteiger partial charge in [-0.1, -0.05) is 30.3 Å². The lowest BCUT2D eigenvalue weighted by molar-refractivity contribution is -0.111. The van der Waals surface area contributed by atoms with E-state index in [0.29, 0.717) is 36.7 Å². The Kier molecular flexibility index (Phi) is 11.8. The molecule has 37 heavy (non-hydrogen) atoms. The van der Waals surface area contributed by atoms with Gasteiger partial charge in [-0.05, 0) is 92.2 Å². The maximum atomic E-state index is 12.0. The number of rotatable bonds is 16. The van der Waals surface area contributed by atoms with Gasteiger partial charge in [-0.3, -0.25) is 4.79 Å². The van der Waals surface area contributed by atoms with Crippen LogP contribution < -0.4 is 14.2 Å². The van der Waals surface area contributed by atoms with Crippen LogP contribution in [0.5, 0.6) is 17.2 Å². The largest absolute Gasteiger partial charge is 0.494 e. The van der Waals surface area contributed by atoms with Crippen molar-refractivity contribution in [2.45, 2.75) is 39.0 Å². The number of para-hydroxylation sites is 1. The predicted octanol–water partition coefficient (Wildman–Crippen LogP) is 6.42. The molecule has 0 fully saturated rings.